The molecule has 0 radical (unpaired) electrons. The van der Waals surface area contributed by atoms with E-state index in [2.05, 4.69) is 15.0 Å². The van der Waals surface area contributed by atoms with Crippen molar-refractivity contribution in [2.45, 2.75) is 0 Å². The largest absolute Gasteiger partial charge is 0.334 e. The molecule has 0 aliphatic carbocycles. The summed E-state index contributed by atoms with van der Waals surface area (Å²) in [6.45, 7) is 0. The van der Waals surface area contributed by atoms with E-state index in [-0.39, 0.29) is 5.91 Å². The van der Waals surface area contributed by atoms with Gasteiger partial charge in [0, 0.05) is 13.2 Å². The lowest BCUT2D eigenvalue weighted by Crippen LogP contribution is -2.27. The van der Waals surface area contributed by atoms with E-state index < -0.39 is 0 Å². The minimum Gasteiger partial charge on any atom is -0.334 e. The third kappa shape index (κ3) is 2.06. The van der Waals surface area contributed by atoms with Gasteiger partial charge in [0.05, 0.1) is 11.0 Å². The third-order valence-electron chi connectivity index (χ3n) is 2.89. The van der Waals surface area contributed by atoms with E-state index in [1.165, 1.54) is 4.90 Å². The molecule has 1 amide bonds. The van der Waals surface area contributed by atoms with Crippen molar-refractivity contribution < 1.29 is 4.79 Å². The average molecular weight is 252 g/mol. The second kappa shape index (κ2) is 4.53. The molecule has 0 bridgehead atoms. The molecule has 19 heavy (non-hydrogen) atoms. The van der Waals surface area contributed by atoms with Crippen LogP contribution >= 0.6 is 0 Å². The summed E-state index contributed by atoms with van der Waals surface area (Å²) in [7, 11) is 1.68. The van der Waals surface area contributed by atoms with Gasteiger partial charge in [-0.2, -0.15) is 0 Å². The van der Waals surface area contributed by atoms with E-state index in [0.717, 1.165) is 11.0 Å². The fraction of sp³-hybridized carbons (Fsp3) is 0.0714. The van der Waals surface area contributed by atoms with Crippen LogP contribution in [0.1, 0.15) is 10.6 Å². The van der Waals surface area contributed by atoms with Gasteiger partial charge in [0.1, 0.15) is 5.82 Å². The molecule has 94 valence electrons. The Kier molecular flexibility index (Phi) is 2.72. The fourth-order valence-electron chi connectivity index (χ4n) is 1.87. The molecule has 1 N–H and O–H groups in total. The van der Waals surface area contributed by atoms with Crippen LogP contribution in [0.2, 0.25) is 0 Å². The van der Waals surface area contributed by atoms with Crippen molar-refractivity contribution in [3.05, 3.63) is 54.5 Å². The summed E-state index contributed by atoms with van der Waals surface area (Å²) < 4.78 is 0. The number of rotatable bonds is 2. The number of pyridine rings is 1. The number of fused-ring (bicyclic) bond motifs is 1. The van der Waals surface area contributed by atoms with Gasteiger partial charge in [0.2, 0.25) is 0 Å². The number of carbonyl (C=O) groups excluding carboxylic acids is 1. The van der Waals surface area contributed by atoms with Gasteiger partial charge in [-0.05, 0) is 24.3 Å². The monoisotopic (exact) mass is 252 g/mol. The molecule has 0 unspecified atom stereocenters. The summed E-state index contributed by atoms with van der Waals surface area (Å²) >= 11 is 0. The zero-order chi connectivity index (χ0) is 13.2. The summed E-state index contributed by atoms with van der Waals surface area (Å²) in [5.74, 6) is 0.692. The van der Waals surface area contributed by atoms with Crippen LogP contribution < -0.4 is 4.90 Å². The number of aromatic nitrogens is 3. The molecule has 0 saturated heterocycles. The van der Waals surface area contributed by atoms with Crippen molar-refractivity contribution in [2.75, 3.05) is 11.9 Å². The van der Waals surface area contributed by atoms with Gasteiger partial charge in [-0.1, -0.05) is 18.2 Å². The molecule has 2 heterocycles. The number of hydrogen-bond donors (Lipinski definition) is 1. The van der Waals surface area contributed by atoms with Crippen LogP contribution in [0.25, 0.3) is 11.0 Å². The summed E-state index contributed by atoms with van der Waals surface area (Å²) in [6.07, 6.45) is 1.65. The maximum atomic E-state index is 12.3. The number of para-hydroxylation sites is 2. The molecule has 0 saturated carbocycles. The average Bonchev–Trinajstić information content (AvgIpc) is 2.90. The lowest BCUT2D eigenvalue weighted by atomic mass is 10.3. The Morgan fingerprint density at radius 3 is 2.68 bits per heavy atom. The van der Waals surface area contributed by atoms with E-state index in [9.17, 15) is 4.79 Å². The maximum absolute atomic E-state index is 12.3. The summed E-state index contributed by atoms with van der Waals surface area (Å²) in [5, 5.41) is 0. The number of amides is 1. The Bertz CT molecular complexity index is 687. The highest BCUT2D eigenvalue weighted by Gasteiger charge is 2.17. The van der Waals surface area contributed by atoms with Gasteiger partial charge >= 0.3 is 0 Å². The van der Waals surface area contributed by atoms with E-state index in [4.69, 9.17) is 0 Å². The zero-order valence-corrected chi connectivity index (χ0v) is 10.4. The highest BCUT2D eigenvalue weighted by molar-refractivity contribution is 6.04. The Hall–Kier alpha value is -2.69. The molecular weight excluding hydrogens is 240 g/mol. The van der Waals surface area contributed by atoms with Crippen LogP contribution in [-0.2, 0) is 0 Å². The number of hydrogen-bond acceptors (Lipinski definition) is 3. The van der Waals surface area contributed by atoms with Crippen molar-refractivity contribution in [1.29, 1.82) is 0 Å². The standard InChI is InChI=1S/C14H12N4O/c1-18(12-8-4-5-9-15-12)14(19)13-16-10-6-2-3-7-11(10)17-13/h2-9H,1H3,(H,16,17). The smallest absolute Gasteiger partial charge is 0.294 e. The Labute approximate surface area is 109 Å². The topological polar surface area (TPSA) is 61.9 Å². The van der Waals surface area contributed by atoms with Crippen molar-refractivity contribution in [1.82, 2.24) is 15.0 Å². The van der Waals surface area contributed by atoms with Gasteiger partial charge in [-0.3, -0.25) is 9.69 Å². The zero-order valence-electron chi connectivity index (χ0n) is 10.4. The van der Waals surface area contributed by atoms with Gasteiger partial charge < -0.3 is 4.98 Å². The van der Waals surface area contributed by atoms with Crippen LogP contribution in [0.15, 0.2) is 48.7 Å². The van der Waals surface area contributed by atoms with Crippen LogP contribution in [-0.4, -0.2) is 27.9 Å². The van der Waals surface area contributed by atoms with Gasteiger partial charge in [0.25, 0.3) is 5.91 Å². The van der Waals surface area contributed by atoms with E-state index in [0.29, 0.717) is 11.6 Å². The number of nitrogens with one attached hydrogen (secondary N) is 1. The highest BCUT2D eigenvalue weighted by Crippen LogP contribution is 2.14. The molecule has 2 aromatic heterocycles. The van der Waals surface area contributed by atoms with Crippen molar-refractivity contribution in [3.63, 3.8) is 0 Å². The number of anilines is 1. The van der Waals surface area contributed by atoms with E-state index in [1.54, 1.807) is 19.3 Å². The molecule has 3 rings (SSSR count). The van der Waals surface area contributed by atoms with Crippen molar-refractivity contribution in [2.24, 2.45) is 0 Å². The fourth-order valence-corrected chi connectivity index (χ4v) is 1.87. The molecule has 5 nitrogen and oxygen atoms in total. The number of benzene rings is 1. The first-order valence-electron chi connectivity index (χ1n) is 5.89. The van der Waals surface area contributed by atoms with Crippen LogP contribution in [0.3, 0.4) is 0 Å². The first-order chi connectivity index (χ1) is 9.25. The van der Waals surface area contributed by atoms with Crippen molar-refractivity contribution in [3.8, 4) is 0 Å². The predicted molar refractivity (Wildman–Crippen MR) is 73.1 cm³/mol. The number of carbonyl (C=O) groups is 1. The summed E-state index contributed by atoms with van der Waals surface area (Å²) in [5.41, 5.74) is 1.63. The molecule has 3 aromatic rings. The lowest BCUT2D eigenvalue weighted by Gasteiger charge is -2.13. The second-order valence-corrected chi connectivity index (χ2v) is 4.15. The highest BCUT2D eigenvalue weighted by atomic mass is 16.2. The van der Waals surface area contributed by atoms with E-state index >= 15 is 0 Å². The van der Waals surface area contributed by atoms with Crippen LogP contribution in [0.5, 0.6) is 0 Å². The predicted octanol–water partition coefficient (Wildman–Crippen LogP) is 2.23. The number of nitrogens with zero attached hydrogens (tertiary/aromatic N) is 3. The number of imidazole rings is 1. The Balaban J connectivity index is 1.95. The molecule has 1 aromatic carbocycles. The van der Waals surface area contributed by atoms with Gasteiger partial charge in [0.15, 0.2) is 5.82 Å². The minimum absolute atomic E-state index is 0.213. The van der Waals surface area contributed by atoms with Crippen molar-refractivity contribution >= 4 is 22.8 Å². The third-order valence-corrected chi connectivity index (χ3v) is 2.89. The second-order valence-electron chi connectivity index (χ2n) is 4.15. The number of H-pyrrole nitrogens is 1. The molecule has 0 spiro atoms. The summed E-state index contributed by atoms with van der Waals surface area (Å²) in [6, 6.07) is 13.0. The molecule has 5 heteroatoms. The van der Waals surface area contributed by atoms with Gasteiger partial charge in [-0.15, -0.1) is 0 Å². The maximum Gasteiger partial charge on any atom is 0.294 e. The molecular formula is C14H12N4O. The minimum atomic E-state index is -0.213. The normalized spacial score (nSPS) is 10.6. The van der Waals surface area contributed by atoms with Crippen LogP contribution in [0, 0.1) is 0 Å². The molecule has 0 fully saturated rings. The van der Waals surface area contributed by atoms with Gasteiger partial charge in [-0.25, -0.2) is 9.97 Å². The SMILES string of the molecule is CN(C(=O)c1nc2ccccc2[nH]1)c1ccccn1. The van der Waals surface area contributed by atoms with E-state index in [1.807, 2.05) is 36.4 Å². The lowest BCUT2D eigenvalue weighted by molar-refractivity contribution is 0.0983. The molecule has 0 atom stereocenters. The molecule has 0 aliphatic rings. The molecule has 0 aliphatic heterocycles. The Morgan fingerprint density at radius 1 is 1.16 bits per heavy atom. The van der Waals surface area contributed by atoms with Crippen LogP contribution in [0.4, 0.5) is 5.82 Å². The summed E-state index contributed by atoms with van der Waals surface area (Å²) in [4.78, 5) is 25.2. The first-order valence-corrected chi connectivity index (χ1v) is 5.89. The number of aromatic amines is 1. The Morgan fingerprint density at radius 2 is 1.95 bits per heavy atom. The first kappa shape index (κ1) is 11.4. The quantitative estimate of drug-likeness (QED) is 0.760.